The Morgan fingerprint density at radius 2 is 2.32 bits per heavy atom. The highest BCUT2D eigenvalue weighted by Crippen LogP contribution is 2.24. The lowest BCUT2D eigenvalue weighted by Crippen LogP contribution is -2.22. The second-order valence-corrected chi connectivity index (χ2v) is 5.32. The van der Waals surface area contributed by atoms with Gasteiger partial charge in [0.2, 0.25) is 5.91 Å². The minimum Gasteiger partial charge on any atom is -0.478 e. The van der Waals surface area contributed by atoms with Crippen LogP contribution < -0.4 is 5.32 Å². The molecule has 1 amide bonds. The van der Waals surface area contributed by atoms with Crippen LogP contribution in [0.25, 0.3) is 6.08 Å². The topological polar surface area (TPSA) is 79.3 Å². The van der Waals surface area contributed by atoms with Crippen molar-refractivity contribution in [3.8, 4) is 0 Å². The number of pyridine rings is 1. The molecule has 1 aliphatic rings. The first-order valence-electron chi connectivity index (χ1n) is 5.92. The zero-order valence-corrected chi connectivity index (χ0v) is 11.0. The van der Waals surface area contributed by atoms with Crippen molar-refractivity contribution < 1.29 is 14.7 Å². The summed E-state index contributed by atoms with van der Waals surface area (Å²) in [6, 6.07) is 5.10. The zero-order chi connectivity index (χ0) is 13.7. The van der Waals surface area contributed by atoms with Gasteiger partial charge in [0.1, 0.15) is 5.82 Å². The van der Waals surface area contributed by atoms with E-state index in [1.54, 1.807) is 30.0 Å². The Kier molecular flexibility index (Phi) is 4.57. The SMILES string of the molecule is O=C(O)C=Cc1cccc(NC(=O)C2CCSC2)n1. The Labute approximate surface area is 115 Å². The van der Waals surface area contributed by atoms with Gasteiger partial charge in [0.25, 0.3) is 0 Å². The summed E-state index contributed by atoms with van der Waals surface area (Å²) in [5.74, 6) is 1.33. The Bertz CT molecular complexity index is 510. The minimum absolute atomic E-state index is 0.0168. The lowest BCUT2D eigenvalue weighted by Gasteiger charge is -2.09. The number of amides is 1. The molecule has 100 valence electrons. The van der Waals surface area contributed by atoms with Crippen LogP contribution in [0.4, 0.5) is 5.82 Å². The maximum atomic E-state index is 11.9. The third kappa shape index (κ3) is 4.10. The summed E-state index contributed by atoms with van der Waals surface area (Å²) in [5.41, 5.74) is 0.501. The Balaban J connectivity index is 2.02. The van der Waals surface area contributed by atoms with Crippen molar-refractivity contribution in [1.29, 1.82) is 0 Å². The number of anilines is 1. The predicted octanol–water partition coefficient (Wildman–Crippen LogP) is 1.87. The van der Waals surface area contributed by atoms with E-state index in [0.29, 0.717) is 11.5 Å². The normalized spacial score (nSPS) is 18.6. The first kappa shape index (κ1) is 13.6. The van der Waals surface area contributed by atoms with Crippen LogP contribution >= 0.6 is 11.8 Å². The number of hydrogen-bond donors (Lipinski definition) is 2. The largest absolute Gasteiger partial charge is 0.478 e. The van der Waals surface area contributed by atoms with Crippen molar-refractivity contribution >= 4 is 35.5 Å². The molecule has 2 N–H and O–H groups in total. The molecule has 0 saturated carbocycles. The highest BCUT2D eigenvalue weighted by molar-refractivity contribution is 7.99. The first-order valence-corrected chi connectivity index (χ1v) is 7.07. The molecule has 1 fully saturated rings. The summed E-state index contributed by atoms with van der Waals surface area (Å²) >= 11 is 1.78. The fourth-order valence-electron chi connectivity index (χ4n) is 1.74. The van der Waals surface area contributed by atoms with Gasteiger partial charge in [0, 0.05) is 17.7 Å². The number of carbonyl (C=O) groups excluding carboxylic acids is 1. The lowest BCUT2D eigenvalue weighted by molar-refractivity contribution is -0.131. The Morgan fingerprint density at radius 3 is 3.00 bits per heavy atom. The molecule has 2 rings (SSSR count). The quantitative estimate of drug-likeness (QED) is 0.822. The number of hydrogen-bond acceptors (Lipinski definition) is 4. The molecular weight excluding hydrogens is 264 g/mol. The molecule has 0 aliphatic carbocycles. The number of nitrogens with zero attached hydrogens (tertiary/aromatic N) is 1. The van der Waals surface area contributed by atoms with Crippen LogP contribution in [-0.2, 0) is 9.59 Å². The van der Waals surface area contributed by atoms with E-state index in [1.165, 1.54) is 6.08 Å². The van der Waals surface area contributed by atoms with E-state index >= 15 is 0 Å². The van der Waals surface area contributed by atoms with E-state index in [4.69, 9.17) is 5.11 Å². The lowest BCUT2D eigenvalue weighted by atomic mass is 10.1. The molecule has 1 saturated heterocycles. The fraction of sp³-hybridized carbons (Fsp3) is 0.308. The van der Waals surface area contributed by atoms with Gasteiger partial charge in [0.15, 0.2) is 0 Å². The summed E-state index contributed by atoms with van der Waals surface area (Å²) in [5, 5.41) is 11.3. The van der Waals surface area contributed by atoms with Crippen LogP contribution in [0.5, 0.6) is 0 Å². The third-order valence-electron chi connectivity index (χ3n) is 2.72. The van der Waals surface area contributed by atoms with Gasteiger partial charge < -0.3 is 10.4 Å². The van der Waals surface area contributed by atoms with Crippen LogP contribution in [0.15, 0.2) is 24.3 Å². The number of rotatable bonds is 4. The molecule has 1 aromatic heterocycles. The van der Waals surface area contributed by atoms with Crippen molar-refractivity contribution in [1.82, 2.24) is 4.98 Å². The van der Waals surface area contributed by atoms with Crippen molar-refractivity contribution in [2.75, 3.05) is 16.8 Å². The number of carboxylic acids is 1. The maximum absolute atomic E-state index is 11.9. The number of nitrogens with one attached hydrogen (secondary N) is 1. The van der Waals surface area contributed by atoms with Gasteiger partial charge in [-0.25, -0.2) is 9.78 Å². The standard InChI is InChI=1S/C13H14N2O3S/c16-12(17)5-4-10-2-1-3-11(14-10)15-13(18)9-6-7-19-8-9/h1-5,9H,6-8H2,(H,16,17)(H,14,15,18). The molecule has 1 aliphatic heterocycles. The summed E-state index contributed by atoms with van der Waals surface area (Å²) in [4.78, 5) is 26.5. The van der Waals surface area contributed by atoms with E-state index in [9.17, 15) is 9.59 Å². The highest BCUT2D eigenvalue weighted by atomic mass is 32.2. The van der Waals surface area contributed by atoms with E-state index in [0.717, 1.165) is 24.0 Å². The number of aliphatic carboxylic acids is 1. The maximum Gasteiger partial charge on any atom is 0.328 e. The first-order chi connectivity index (χ1) is 9.15. The van der Waals surface area contributed by atoms with Gasteiger partial charge in [0.05, 0.1) is 5.69 Å². The van der Waals surface area contributed by atoms with Gasteiger partial charge in [-0.3, -0.25) is 4.79 Å². The minimum atomic E-state index is -1.03. The van der Waals surface area contributed by atoms with Crippen LogP contribution in [0.2, 0.25) is 0 Å². The monoisotopic (exact) mass is 278 g/mol. The van der Waals surface area contributed by atoms with Gasteiger partial charge in [-0.05, 0) is 30.4 Å². The highest BCUT2D eigenvalue weighted by Gasteiger charge is 2.23. The number of aromatic nitrogens is 1. The predicted molar refractivity (Wildman–Crippen MR) is 75.0 cm³/mol. The van der Waals surface area contributed by atoms with Crippen LogP contribution in [0.1, 0.15) is 12.1 Å². The third-order valence-corrected chi connectivity index (χ3v) is 3.88. The average Bonchev–Trinajstić information content (AvgIpc) is 2.91. The van der Waals surface area contributed by atoms with Crippen molar-refractivity contribution in [3.05, 3.63) is 30.0 Å². The van der Waals surface area contributed by atoms with Gasteiger partial charge in [-0.15, -0.1) is 0 Å². The summed E-state index contributed by atoms with van der Waals surface area (Å²) in [6.07, 6.45) is 3.31. The second-order valence-electron chi connectivity index (χ2n) is 4.17. The molecule has 1 unspecified atom stereocenters. The average molecular weight is 278 g/mol. The molecule has 19 heavy (non-hydrogen) atoms. The molecule has 0 aromatic carbocycles. The molecular formula is C13H14N2O3S. The molecule has 5 nitrogen and oxygen atoms in total. The molecule has 1 atom stereocenters. The summed E-state index contributed by atoms with van der Waals surface area (Å²) in [6.45, 7) is 0. The van der Waals surface area contributed by atoms with E-state index in [1.807, 2.05) is 0 Å². The van der Waals surface area contributed by atoms with Crippen LogP contribution in [0, 0.1) is 5.92 Å². The van der Waals surface area contributed by atoms with E-state index < -0.39 is 5.97 Å². The number of carbonyl (C=O) groups is 2. The zero-order valence-electron chi connectivity index (χ0n) is 10.2. The fourth-order valence-corrected chi connectivity index (χ4v) is 2.96. The Hall–Kier alpha value is -1.82. The summed E-state index contributed by atoms with van der Waals surface area (Å²) in [7, 11) is 0. The molecule has 0 bridgehead atoms. The Morgan fingerprint density at radius 1 is 1.47 bits per heavy atom. The van der Waals surface area contributed by atoms with E-state index in [2.05, 4.69) is 10.3 Å². The van der Waals surface area contributed by atoms with Crippen LogP contribution in [0.3, 0.4) is 0 Å². The van der Waals surface area contributed by atoms with Gasteiger partial charge in [-0.1, -0.05) is 6.07 Å². The summed E-state index contributed by atoms with van der Waals surface area (Å²) < 4.78 is 0. The van der Waals surface area contributed by atoms with Gasteiger partial charge >= 0.3 is 5.97 Å². The van der Waals surface area contributed by atoms with Crippen molar-refractivity contribution in [2.24, 2.45) is 5.92 Å². The van der Waals surface area contributed by atoms with Crippen molar-refractivity contribution in [3.63, 3.8) is 0 Å². The molecule has 0 radical (unpaired) electrons. The molecule has 2 heterocycles. The number of carboxylic acid groups (broad SMARTS) is 1. The molecule has 1 aromatic rings. The van der Waals surface area contributed by atoms with Gasteiger partial charge in [-0.2, -0.15) is 11.8 Å². The van der Waals surface area contributed by atoms with E-state index in [-0.39, 0.29) is 11.8 Å². The molecule has 6 heteroatoms. The van der Waals surface area contributed by atoms with Crippen LogP contribution in [-0.4, -0.2) is 33.5 Å². The smallest absolute Gasteiger partial charge is 0.328 e. The second kappa shape index (κ2) is 6.38. The van der Waals surface area contributed by atoms with Crippen molar-refractivity contribution in [2.45, 2.75) is 6.42 Å². The molecule has 0 spiro atoms. The number of thioether (sulfide) groups is 1.